The SMILES string of the molecule is CC(C)c1ccc(-n2cnnc2SCC(=O)NC2CCN(C)CC2)cc1. The summed E-state index contributed by atoms with van der Waals surface area (Å²) in [5.41, 5.74) is 2.31. The van der Waals surface area contributed by atoms with Crippen molar-refractivity contribution < 1.29 is 4.79 Å². The van der Waals surface area contributed by atoms with Gasteiger partial charge >= 0.3 is 0 Å². The average molecular weight is 374 g/mol. The van der Waals surface area contributed by atoms with Gasteiger partial charge in [-0.05, 0) is 56.6 Å². The zero-order valence-corrected chi connectivity index (χ0v) is 16.5. The summed E-state index contributed by atoms with van der Waals surface area (Å²) in [5.74, 6) is 0.922. The highest BCUT2D eigenvalue weighted by atomic mass is 32.2. The van der Waals surface area contributed by atoms with Crippen LogP contribution >= 0.6 is 11.8 Å². The van der Waals surface area contributed by atoms with E-state index in [1.165, 1.54) is 17.3 Å². The number of carbonyl (C=O) groups is 1. The van der Waals surface area contributed by atoms with Crippen LogP contribution in [0.25, 0.3) is 5.69 Å². The molecule has 6 nitrogen and oxygen atoms in total. The summed E-state index contributed by atoms with van der Waals surface area (Å²) in [6.07, 6.45) is 3.73. The van der Waals surface area contributed by atoms with Gasteiger partial charge in [0, 0.05) is 11.7 Å². The number of hydrogen-bond donors (Lipinski definition) is 1. The van der Waals surface area contributed by atoms with Crippen molar-refractivity contribution >= 4 is 17.7 Å². The molecule has 7 heteroatoms. The van der Waals surface area contributed by atoms with Crippen LogP contribution in [0.5, 0.6) is 0 Å². The van der Waals surface area contributed by atoms with Gasteiger partial charge in [0.1, 0.15) is 6.33 Å². The van der Waals surface area contributed by atoms with E-state index in [0.29, 0.717) is 17.7 Å². The standard InChI is InChI=1S/C19H27N5OS/c1-14(2)15-4-6-17(7-5-15)24-13-20-22-19(24)26-12-18(25)21-16-8-10-23(3)11-9-16/h4-7,13-14,16H,8-12H2,1-3H3,(H,21,25). The Labute approximate surface area is 159 Å². The number of amides is 1. The summed E-state index contributed by atoms with van der Waals surface area (Å²) in [6, 6.07) is 8.69. The summed E-state index contributed by atoms with van der Waals surface area (Å²) in [6.45, 7) is 6.44. The molecule has 0 spiro atoms. The van der Waals surface area contributed by atoms with E-state index in [4.69, 9.17) is 0 Å². The van der Waals surface area contributed by atoms with Crippen molar-refractivity contribution in [1.82, 2.24) is 25.0 Å². The number of aromatic nitrogens is 3. The van der Waals surface area contributed by atoms with Gasteiger partial charge in [-0.1, -0.05) is 37.7 Å². The molecule has 1 aromatic heterocycles. The first-order valence-corrected chi connectivity index (χ1v) is 10.1. The molecule has 1 N–H and O–H groups in total. The van der Waals surface area contributed by atoms with E-state index in [0.717, 1.165) is 36.8 Å². The van der Waals surface area contributed by atoms with Crippen LogP contribution in [0.1, 0.15) is 38.2 Å². The lowest BCUT2D eigenvalue weighted by Crippen LogP contribution is -2.43. The second kappa shape index (κ2) is 8.68. The van der Waals surface area contributed by atoms with Crippen LogP contribution < -0.4 is 5.32 Å². The Morgan fingerprint density at radius 3 is 2.62 bits per heavy atom. The molecule has 3 rings (SSSR count). The van der Waals surface area contributed by atoms with E-state index >= 15 is 0 Å². The minimum Gasteiger partial charge on any atom is -0.353 e. The molecule has 1 aliphatic heterocycles. The van der Waals surface area contributed by atoms with Gasteiger partial charge in [-0.25, -0.2) is 0 Å². The molecule has 1 aromatic carbocycles. The molecule has 1 saturated heterocycles. The van der Waals surface area contributed by atoms with Crippen LogP contribution in [0.15, 0.2) is 35.7 Å². The van der Waals surface area contributed by atoms with Crippen LogP contribution in [0.3, 0.4) is 0 Å². The molecule has 1 aliphatic rings. The maximum Gasteiger partial charge on any atom is 0.230 e. The first kappa shape index (κ1) is 18.9. The van der Waals surface area contributed by atoms with E-state index < -0.39 is 0 Å². The molecule has 140 valence electrons. The third-order valence-electron chi connectivity index (χ3n) is 4.77. The predicted octanol–water partition coefficient (Wildman–Crippen LogP) is 2.69. The highest BCUT2D eigenvalue weighted by molar-refractivity contribution is 7.99. The lowest BCUT2D eigenvalue weighted by molar-refractivity contribution is -0.119. The second-order valence-corrected chi connectivity index (χ2v) is 8.11. The summed E-state index contributed by atoms with van der Waals surface area (Å²) in [7, 11) is 2.12. The Hall–Kier alpha value is -1.86. The van der Waals surface area contributed by atoms with Gasteiger partial charge in [0.25, 0.3) is 0 Å². The predicted molar refractivity (Wildman–Crippen MR) is 105 cm³/mol. The third kappa shape index (κ3) is 4.86. The lowest BCUT2D eigenvalue weighted by Gasteiger charge is -2.29. The fourth-order valence-electron chi connectivity index (χ4n) is 3.07. The molecular weight excluding hydrogens is 346 g/mol. The third-order valence-corrected chi connectivity index (χ3v) is 5.71. The largest absolute Gasteiger partial charge is 0.353 e. The van der Waals surface area contributed by atoms with Gasteiger partial charge in [0.2, 0.25) is 5.91 Å². The molecule has 0 atom stereocenters. The summed E-state index contributed by atoms with van der Waals surface area (Å²) in [4.78, 5) is 14.5. The minimum atomic E-state index is 0.0641. The van der Waals surface area contributed by atoms with Gasteiger partial charge < -0.3 is 10.2 Å². The Kier molecular flexibility index (Phi) is 6.32. The van der Waals surface area contributed by atoms with Crippen LogP contribution in [-0.4, -0.2) is 57.5 Å². The van der Waals surface area contributed by atoms with Crippen molar-refractivity contribution in [2.75, 3.05) is 25.9 Å². The van der Waals surface area contributed by atoms with E-state index in [1.807, 2.05) is 4.57 Å². The van der Waals surface area contributed by atoms with Crippen molar-refractivity contribution in [2.24, 2.45) is 0 Å². The number of likely N-dealkylation sites (tertiary alicyclic amines) is 1. The first-order chi connectivity index (χ1) is 12.5. The van der Waals surface area contributed by atoms with Crippen molar-refractivity contribution in [3.8, 4) is 5.69 Å². The number of nitrogens with zero attached hydrogens (tertiary/aromatic N) is 4. The molecule has 2 heterocycles. The monoisotopic (exact) mass is 373 g/mol. The van der Waals surface area contributed by atoms with Crippen LogP contribution in [0, 0.1) is 0 Å². The van der Waals surface area contributed by atoms with Gasteiger partial charge in [0.05, 0.1) is 5.75 Å². The molecule has 0 aliphatic carbocycles. The molecule has 26 heavy (non-hydrogen) atoms. The summed E-state index contributed by atoms with van der Waals surface area (Å²) in [5, 5.41) is 12.1. The zero-order valence-electron chi connectivity index (χ0n) is 15.7. The van der Waals surface area contributed by atoms with Crippen molar-refractivity contribution in [3.63, 3.8) is 0 Å². The molecular formula is C19H27N5OS. The Morgan fingerprint density at radius 2 is 1.96 bits per heavy atom. The number of carbonyl (C=O) groups excluding carboxylic acids is 1. The summed E-state index contributed by atoms with van der Waals surface area (Å²) < 4.78 is 1.93. The maximum atomic E-state index is 12.3. The van der Waals surface area contributed by atoms with Crippen molar-refractivity contribution in [3.05, 3.63) is 36.2 Å². The topological polar surface area (TPSA) is 63.1 Å². The lowest BCUT2D eigenvalue weighted by atomic mass is 10.0. The number of benzene rings is 1. The Morgan fingerprint density at radius 1 is 1.27 bits per heavy atom. The van der Waals surface area contributed by atoms with Crippen LogP contribution in [0.2, 0.25) is 0 Å². The van der Waals surface area contributed by atoms with E-state index in [1.54, 1.807) is 6.33 Å². The van der Waals surface area contributed by atoms with E-state index in [-0.39, 0.29) is 5.91 Å². The number of piperidine rings is 1. The van der Waals surface area contributed by atoms with E-state index in [2.05, 4.69) is 65.6 Å². The van der Waals surface area contributed by atoms with Gasteiger partial charge in [-0.2, -0.15) is 0 Å². The fraction of sp³-hybridized carbons (Fsp3) is 0.526. The Balaban J connectivity index is 1.56. The second-order valence-electron chi connectivity index (χ2n) is 7.16. The summed E-state index contributed by atoms with van der Waals surface area (Å²) >= 11 is 1.42. The quantitative estimate of drug-likeness (QED) is 0.789. The molecule has 0 bridgehead atoms. The number of nitrogens with one attached hydrogen (secondary N) is 1. The van der Waals surface area contributed by atoms with Crippen LogP contribution in [-0.2, 0) is 4.79 Å². The first-order valence-electron chi connectivity index (χ1n) is 9.14. The average Bonchev–Trinajstić information content (AvgIpc) is 3.10. The molecule has 1 amide bonds. The zero-order chi connectivity index (χ0) is 18.5. The van der Waals surface area contributed by atoms with Crippen molar-refractivity contribution in [1.29, 1.82) is 0 Å². The van der Waals surface area contributed by atoms with Gasteiger partial charge in [0.15, 0.2) is 5.16 Å². The highest BCUT2D eigenvalue weighted by Gasteiger charge is 2.19. The van der Waals surface area contributed by atoms with Gasteiger partial charge in [-0.15, -0.1) is 10.2 Å². The highest BCUT2D eigenvalue weighted by Crippen LogP contribution is 2.22. The van der Waals surface area contributed by atoms with Crippen LogP contribution in [0.4, 0.5) is 0 Å². The number of thioether (sulfide) groups is 1. The molecule has 0 unspecified atom stereocenters. The smallest absolute Gasteiger partial charge is 0.230 e. The minimum absolute atomic E-state index is 0.0641. The molecule has 0 saturated carbocycles. The van der Waals surface area contributed by atoms with Crippen molar-refractivity contribution in [2.45, 2.75) is 43.8 Å². The molecule has 1 fully saturated rings. The fourth-order valence-corrected chi connectivity index (χ4v) is 3.81. The number of hydrogen-bond acceptors (Lipinski definition) is 5. The Bertz CT molecular complexity index is 720. The van der Waals surface area contributed by atoms with Gasteiger partial charge in [-0.3, -0.25) is 9.36 Å². The van der Waals surface area contributed by atoms with E-state index in [9.17, 15) is 4.79 Å². The number of rotatable bonds is 6. The maximum absolute atomic E-state index is 12.3. The molecule has 2 aromatic rings. The normalized spacial score (nSPS) is 16.2. The molecule has 0 radical (unpaired) electrons.